The van der Waals surface area contributed by atoms with Crippen LogP contribution in [0.2, 0.25) is 0 Å². The first-order valence-corrected chi connectivity index (χ1v) is 10.2. The molecule has 2 unspecified atom stereocenters. The predicted octanol–water partition coefficient (Wildman–Crippen LogP) is 3.79. The maximum atomic E-state index is 12.7. The van der Waals surface area contributed by atoms with Gasteiger partial charge in [-0.05, 0) is 56.7 Å². The lowest BCUT2D eigenvalue weighted by Gasteiger charge is -2.16. The number of aromatic nitrogens is 3. The van der Waals surface area contributed by atoms with E-state index in [1.807, 2.05) is 73.1 Å². The van der Waals surface area contributed by atoms with E-state index in [4.69, 9.17) is 5.10 Å². The van der Waals surface area contributed by atoms with Crippen molar-refractivity contribution in [2.75, 3.05) is 19.0 Å². The van der Waals surface area contributed by atoms with E-state index in [9.17, 15) is 4.79 Å². The minimum absolute atomic E-state index is 0.00743. The zero-order chi connectivity index (χ0) is 21.3. The Hall–Kier alpha value is -3.41. The third-order valence-electron chi connectivity index (χ3n) is 5.63. The number of nitrogens with one attached hydrogen (secondary N) is 1. The minimum Gasteiger partial charge on any atom is -0.378 e. The molecule has 0 saturated carbocycles. The number of pyridine rings is 1. The van der Waals surface area contributed by atoms with Gasteiger partial charge in [-0.15, -0.1) is 0 Å². The van der Waals surface area contributed by atoms with Crippen LogP contribution >= 0.6 is 0 Å². The van der Waals surface area contributed by atoms with E-state index in [2.05, 4.69) is 29.4 Å². The van der Waals surface area contributed by atoms with E-state index in [0.29, 0.717) is 5.56 Å². The maximum absolute atomic E-state index is 12.7. The molecule has 4 rings (SSSR count). The second kappa shape index (κ2) is 8.14. The summed E-state index contributed by atoms with van der Waals surface area (Å²) in [7, 11) is 3.97. The van der Waals surface area contributed by atoms with Gasteiger partial charge in [-0.3, -0.25) is 4.79 Å². The summed E-state index contributed by atoms with van der Waals surface area (Å²) in [6.07, 6.45) is 6.88. The number of carbonyl (C=O) groups excluding carboxylic acids is 1. The molecule has 2 atom stereocenters. The average Bonchev–Trinajstić information content (AvgIpc) is 3.32. The average molecular weight is 402 g/mol. The minimum atomic E-state index is -0.0479. The van der Waals surface area contributed by atoms with Gasteiger partial charge in [0, 0.05) is 54.8 Å². The molecule has 1 N–H and O–H groups in total. The van der Waals surface area contributed by atoms with Gasteiger partial charge < -0.3 is 10.2 Å². The molecule has 2 heterocycles. The second-order valence-corrected chi connectivity index (χ2v) is 7.93. The van der Waals surface area contributed by atoms with Crippen LogP contribution in [0.1, 0.15) is 39.6 Å². The summed E-state index contributed by atoms with van der Waals surface area (Å²) in [6, 6.07) is 13.5. The molecular formula is C24H27N5O. The third kappa shape index (κ3) is 3.85. The fourth-order valence-corrected chi connectivity index (χ4v) is 4.08. The highest BCUT2D eigenvalue weighted by atomic mass is 16.1. The molecule has 6 nitrogen and oxygen atoms in total. The zero-order valence-corrected chi connectivity index (χ0v) is 17.8. The van der Waals surface area contributed by atoms with Gasteiger partial charge in [0.1, 0.15) is 0 Å². The van der Waals surface area contributed by atoms with Crippen molar-refractivity contribution >= 4 is 11.6 Å². The Morgan fingerprint density at radius 3 is 2.53 bits per heavy atom. The molecule has 1 aliphatic carbocycles. The van der Waals surface area contributed by atoms with Crippen molar-refractivity contribution in [3.8, 4) is 5.82 Å². The first-order chi connectivity index (χ1) is 14.4. The molecule has 6 heteroatoms. The molecule has 0 fully saturated rings. The molecule has 0 saturated heterocycles. The molecule has 2 aromatic heterocycles. The van der Waals surface area contributed by atoms with Crippen molar-refractivity contribution in [1.82, 2.24) is 20.1 Å². The summed E-state index contributed by atoms with van der Waals surface area (Å²) in [5, 5.41) is 7.85. The normalized spacial score (nSPS) is 17.9. The SMILES string of the molecule is Cc1nn(-c2ccccn2)c(C)c1C1C=CC(NC(=O)c2ccc(N(C)C)cc2)C1. The highest BCUT2D eigenvalue weighted by Crippen LogP contribution is 2.33. The lowest BCUT2D eigenvalue weighted by molar-refractivity contribution is 0.0944. The monoisotopic (exact) mass is 401 g/mol. The fourth-order valence-electron chi connectivity index (χ4n) is 4.08. The fraction of sp³-hybridized carbons (Fsp3) is 0.292. The Balaban J connectivity index is 1.46. The quantitative estimate of drug-likeness (QED) is 0.661. The number of aryl methyl sites for hydroxylation is 1. The van der Waals surface area contributed by atoms with Crippen molar-refractivity contribution in [3.63, 3.8) is 0 Å². The van der Waals surface area contributed by atoms with Crippen LogP contribution < -0.4 is 10.2 Å². The number of hydrogen-bond donors (Lipinski definition) is 1. The first kappa shape index (κ1) is 19.9. The van der Waals surface area contributed by atoms with E-state index in [1.165, 1.54) is 5.56 Å². The van der Waals surface area contributed by atoms with E-state index in [0.717, 1.165) is 29.3 Å². The van der Waals surface area contributed by atoms with Crippen LogP contribution in [0.4, 0.5) is 5.69 Å². The van der Waals surface area contributed by atoms with Gasteiger partial charge in [0.15, 0.2) is 5.82 Å². The number of benzene rings is 1. The molecule has 1 aromatic carbocycles. The number of hydrogen-bond acceptors (Lipinski definition) is 4. The van der Waals surface area contributed by atoms with Gasteiger partial charge in [-0.25, -0.2) is 9.67 Å². The Morgan fingerprint density at radius 1 is 1.10 bits per heavy atom. The number of allylic oxidation sites excluding steroid dienone is 1. The maximum Gasteiger partial charge on any atom is 0.251 e. The van der Waals surface area contributed by atoms with Crippen molar-refractivity contribution < 1.29 is 4.79 Å². The summed E-state index contributed by atoms with van der Waals surface area (Å²) < 4.78 is 1.90. The van der Waals surface area contributed by atoms with E-state index in [1.54, 1.807) is 6.20 Å². The van der Waals surface area contributed by atoms with Crippen molar-refractivity contribution in [3.05, 3.63) is 83.3 Å². The number of nitrogens with zero attached hydrogens (tertiary/aromatic N) is 4. The molecule has 1 aliphatic rings. The summed E-state index contributed by atoms with van der Waals surface area (Å²) >= 11 is 0. The van der Waals surface area contributed by atoms with Crippen LogP contribution in [-0.4, -0.2) is 40.8 Å². The Kier molecular flexibility index (Phi) is 5.40. The van der Waals surface area contributed by atoms with Gasteiger partial charge in [0.2, 0.25) is 0 Å². The molecule has 3 aromatic rings. The molecule has 154 valence electrons. The molecule has 0 aliphatic heterocycles. The first-order valence-electron chi connectivity index (χ1n) is 10.2. The van der Waals surface area contributed by atoms with Crippen LogP contribution in [0, 0.1) is 13.8 Å². The number of amides is 1. The predicted molar refractivity (Wildman–Crippen MR) is 119 cm³/mol. The zero-order valence-electron chi connectivity index (χ0n) is 17.8. The highest BCUT2D eigenvalue weighted by Gasteiger charge is 2.27. The standard InChI is InChI=1S/C24H27N5O/c1-16-23(17(2)29(27-16)22-7-5-6-14-25-22)19-8-11-20(15-19)26-24(30)18-9-12-21(13-10-18)28(3)4/h5-14,19-20H,15H2,1-4H3,(H,26,30). The largest absolute Gasteiger partial charge is 0.378 e. The lowest BCUT2D eigenvalue weighted by atomic mass is 9.96. The van der Waals surface area contributed by atoms with Gasteiger partial charge >= 0.3 is 0 Å². The van der Waals surface area contributed by atoms with Crippen LogP contribution in [0.25, 0.3) is 5.82 Å². The Labute approximate surface area is 177 Å². The van der Waals surface area contributed by atoms with Crippen molar-refractivity contribution in [2.45, 2.75) is 32.2 Å². The Bertz CT molecular complexity index is 1070. The van der Waals surface area contributed by atoms with Crippen LogP contribution in [0.3, 0.4) is 0 Å². The van der Waals surface area contributed by atoms with Gasteiger partial charge in [-0.1, -0.05) is 18.2 Å². The summed E-state index contributed by atoms with van der Waals surface area (Å²) in [5.74, 6) is 0.995. The molecular weight excluding hydrogens is 374 g/mol. The summed E-state index contributed by atoms with van der Waals surface area (Å²) in [4.78, 5) is 19.1. The lowest BCUT2D eigenvalue weighted by Crippen LogP contribution is -2.32. The molecule has 0 bridgehead atoms. The molecule has 0 radical (unpaired) electrons. The smallest absolute Gasteiger partial charge is 0.251 e. The molecule has 1 amide bonds. The van der Waals surface area contributed by atoms with E-state index >= 15 is 0 Å². The third-order valence-corrected chi connectivity index (χ3v) is 5.63. The topological polar surface area (TPSA) is 63.1 Å². The van der Waals surface area contributed by atoms with Gasteiger partial charge in [-0.2, -0.15) is 5.10 Å². The highest BCUT2D eigenvalue weighted by molar-refractivity contribution is 5.94. The molecule has 30 heavy (non-hydrogen) atoms. The summed E-state index contributed by atoms with van der Waals surface area (Å²) in [6.45, 7) is 4.11. The van der Waals surface area contributed by atoms with Crippen molar-refractivity contribution in [1.29, 1.82) is 0 Å². The van der Waals surface area contributed by atoms with Crippen LogP contribution in [0.5, 0.6) is 0 Å². The van der Waals surface area contributed by atoms with Crippen molar-refractivity contribution in [2.24, 2.45) is 0 Å². The van der Waals surface area contributed by atoms with Crippen LogP contribution in [-0.2, 0) is 0 Å². The van der Waals surface area contributed by atoms with E-state index in [-0.39, 0.29) is 17.9 Å². The van der Waals surface area contributed by atoms with E-state index < -0.39 is 0 Å². The van der Waals surface area contributed by atoms with Crippen LogP contribution in [0.15, 0.2) is 60.8 Å². The number of carbonyl (C=O) groups is 1. The number of anilines is 1. The second-order valence-electron chi connectivity index (χ2n) is 7.93. The Morgan fingerprint density at radius 2 is 1.87 bits per heavy atom. The molecule has 0 spiro atoms. The van der Waals surface area contributed by atoms with Gasteiger partial charge in [0.05, 0.1) is 5.69 Å². The summed E-state index contributed by atoms with van der Waals surface area (Å²) in [5.41, 5.74) is 5.05. The number of rotatable bonds is 5. The van der Waals surface area contributed by atoms with Gasteiger partial charge in [0.25, 0.3) is 5.91 Å².